The first kappa shape index (κ1) is 17.8. The molecule has 0 spiro atoms. The molecule has 2 aliphatic rings. The minimum atomic E-state index is -0.279. The Bertz CT molecular complexity index is 1020. The van der Waals surface area contributed by atoms with E-state index >= 15 is 0 Å². The first-order valence-electron chi connectivity index (χ1n) is 9.91. The van der Waals surface area contributed by atoms with E-state index in [1.165, 1.54) is 12.1 Å². The van der Waals surface area contributed by atoms with Crippen LogP contribution in [0.2, 0.25) is 0 Å². The number of rotatable bonds is 4. The Labute approximate surface area is 167 Å². The van der Waals surface area contributed by atoms with Crippen molar-refractivity contribution >= 4 is 17.4 Å². The number of hydrogen-bond acceptors (Lipinski definition) is 5. The Morgan fingerprint density at radius 2 is 1.86 bits per heavy atom. The molecule has 2 fully saturated rings. The Hall–Kier alpha value is -3.23. The summed E-state index contributed by atoms with van der Waals surface area (Å²) in [5, 5.41) is 16.0. The van der Waals surface area contributed by atoms with Gasteiger partial charge in [0.1, 0.15) is 5.82 Å². The molecule has 150 valence electrons. The maximum absolute atomic E-state index is 13.0. The van der Waals surface area contributed by atoms with Crippen LogP contribution in [0.1, 0.15) is 30.1 Å². The van der Waals surface area contributed by atoms with Crippen LogP contribution >= 0.6 is 0 Å². The summed E-state index contributed by atoms with van der Waals surface area (Å²) in [7, 11) is 0. The fourth-order valence-electron chi connectivity index (χ4n) is 3.63. The van der Waals surface area contributed by atoms with E-state index in [4.69, 9.17) is 0 Å². The number of amides is 2. The first-order chi connectivity index (χ1) is 14.2. The van der Waals surface area contributed by atoms with Crippen molar-refractivity contribution in [1.82, 2.24) is 30.0 Å². The molecule has 1 aromatic carbocycles. The molecule has 8 nitrogen and oxygen atoms in total. The minimum Gasteiger partial charge on any atom is -0.367 e. The largest absolute Gasteiger partial charge is 0.367 e. The fourth-order valence-corrected chi connectivity index (χ4v) is 3.63. The van der Waals surface area contributed by atoms with E-state index in [0.29, 0.717) is 25.6 Å². The minimum absolute atomic E-state index is 0.103. The van der Waals surface area contributed by atoms with Gasteiger partial charge in [0, 0.05) is 44.7 Å². The zero-order chi connectivity index (χ0) is 19.8. The third kappa shape index (κ3) is 3.72. The lowest BCUT2D eigenvalue weighted by Gasteiger charge is -2.35. The molecule has 9 heteroatoms. The second kappa shape index (κ2) is 7.31. The van der Waals surface area contributed by atoms with Crippen LogP contribution in [0.5, 0.6) is 0 Å². The molecule has 0 unspecified atom stereocenters. The van der Waals surface area contributed by atoms with Gasteiger partial charge in [0.2, 0.25) is 0 Å². The normalized spacial score (nSPS) is 17.0. The number of piperazine rings is 1. The SMILES string of the molecule is O=C(NCc1ccc(F)cc1)N1CCN(c2cnn3c(C4CC4)nnc3c2)CC1. The summed E-state index contributed by atoms with van der Waals surface area (Å²) in [6, 6.07) is 8.05. The quantitative estimate of drug-likeness (QED) is 0.733. The standard InChI is InChI=1S/C20H22FN7O/c21-16-5-1-14(2-6-16)12-22-20(29)27-9-7-26(8-10-27)17-11-18-24-25-19(15-3-4-15)28(18)23-13-17/h1-2,5-6,11,13,15H,3-4,7-10,12H2,(H,22,29). The van der Waals surface area contributed by atoms with Crippen LogP contribution in [0, 0.1) is 5.82 Å². The monoisotopic (exact) mass is 395 g/mol. The van der Waals surface area contributed by atoms with Gasteiger partial charge >= 0.3 is 6.03 Å². The molecule has 1 saturated carbocycles. The molecule has 1 aliphatic carbocycles. The summed E-state index contributed by atoms with van der Waals surface area (Å²) < 4.78 is 14.8. The van der Waals surface area contributed by atoms with Crippen LogP contribution in [-0.4, -0.2) is 56.9 Å². The van der Waals surface area contributed by atoms with Gasteiger partial charge in [0.15, 0.2) is 11.5 Å². The molecular formula is C20H22FN7O. The second-order valence-electron chi connectivity index (χ2n) is 7.58. The van der Waals surface area contributed by atoms with Crippen molar-refractivity contribution in [1.29, 1.82) is 0 Å². The summed E-state index contributed by atoms with van der Waals surface area (Å²) in [6.45, 7) is 3.09. The number of urea groups is 1. The van der Waals surface area contributed by atoms with Crippen LogP contribution < -0.4 is 10.2 Å². The van der Waals surface area contributed by atoms with Gasteiger partial charge in [-0.1, -0.05) is 12.1 Å². The molecule has 5 rings (SSSR count). The topological polar surface area (TPSA) is 78.7 Å². The fraction of sp³-hybridized carbons (Fsp3) is 0.400. The molecular weight excluding hydrogens is 373 g/mol. The summed E-state index contributed by atoms with van der Waals surface area (Å²) in [5.74, 6) is 1.17. The number of nitrogens with zero attached hydrogens (tertiary/aromatic N) is 6. The zero-order valence-corrected chi connectivity index (χ0v) is 16.0. The number of nitrogens with one attached hydrogen (secondary N) is 1. The summed E-state index contributed by atoms with van der Waals surface area (Å²) in [4.78, 5) is 16.4. The number of benzene rings is 1. The van der Waals surface area contributed by atoms with Gasteiger partial charge in [-0.2, -0.15) is 9.61 Å². The predicted octanol–water partition coefficient (Wildman–Crippen LogP) is 2.17. The van der Waals surface area contributed by atoms with Gasteiger partial charge in [-0.25, -0.2) is 9.18 Å². The van der Waals surface area contributed by atoms with Crippen LogP contribution in [0.25, 0.3) is 5.65 Å². The van der Waals surface area contributed by atoms with Gasteiger partial charge in [-0.3, -0.25) is 0 Å². The number of aromatic nitrogens is 4. The molecule has 1 N–H and O–H groups in total. The molecule has 0 radical (unpaired) electrons. The van der Waals surface area contributed by atoms with Gasteiger partial charge in [0.25, 0.3) is 0 Å². The molecule has 3 aromatic rings. The number of halogens is 1. The van der Waals surface area contributed by atoms with Crippen LogP contribution in [-0.2, 0) is 6.54 Å². The maximum Gasteiger partial charge on any atom is 0.317 e. The molecule has 1 aliphatic heterocycles. The van der Waals surface area contributed by atoms with Crippen LogP contribution in [0.4, 0.5) is 14.9 Å². The number of carbonyl (C=O) groups excluding carboxylic acids is 1. The smallest absolute Gasteiger partial charge is 0.317 e. The molecule has 2 aromatic heterocycles. The molecule has 29 heavy (non-hydrogen) atoms. The van der Waals surface area contributed by atoms with Crippen molar-refractivity contribution < 1.29 is 9.18 Å². The van der Waals surface area contributed by atoms with E-state index in [0.717, 1.165) is 48.7 Å². The highest BCUT2D eigenvalue weighted by Gasteiger charge is 2.29. The van der Waals surface area contributed by atoms with Gasteiger partial charge in [0.05, 0.1) is 11.9 Å². The zero-order valence-electron chi connectivity index (χ0n) is 16.0. The molecule has 0 atom stereocenters. The van der Waals surface area contributed by atoms with Gasteiger partial charge < -0.3 is 15.1 Å². The van der Waals surface area contributed by atoms with Crippen molar-refractivity contribution in [3.05, 3.63) is 53.7 Å². The van der Waals surface area contributed by atoms with Crippen molar-refractivity contribution in [3.8, 4) is 0 Å². The number of fused-ring (bicyclic) bond motifs is 1. The third-order valence-electron chi connectivity index (χ3n) is 5.50. The molecule has 0 bridgehead atoms. The lowest BCUT2D eigenvalue weighted by Crippen LogP contribution is -2.51. The second-order valence-corrected chi connectivity index (χ2v) is 7.58. The van der Waals surface area contributed by atoms with Gasteiger partial charge in [-0.15, -0.1) is 10.2 Å². The van der Waals surface area contributed by atoms with Crippen molar-refractivity contribution in [2.45, 2.75) is 25.3 Å². The lowest BCUT2D eigenvalue weighted by atomic mass is 10.2. The van der Waals surface area contributed by atoms with Crippen molar-refractivity contribution in [2.24, 2.45) is 0 Å². The maximum atomic E-state index is 13.0. The molecule has 3 heterocycles. The Morgan fingerprint density at radius 1 is 1.10 bits per heavy atom. The third-order valence-corrected chi connectivity index (χ3v) is 5.50. The van der Waals surface area contributed by atoms with E-state index in [1.54, 1.807) is 17.0 Å². The number of anilines is 1. The van der Waals surface area contributed by atoms with Crippen LogP contribution in [0.15, 0.2) is 36.5 Å². The van der Waals surface area contributed by atoms with E-state index < -0.39 is 0 Å². The summed E-state index contributed by atoms with van der Waals surface area (Å²) >= 11 is 0. The highest BCUT2D eigenvalue weighted by Crippen LogP contribution is 2.38. The average molecular weight is 395 g/mol. The highest BCUT2D eigenvalue weighted by molar-refractivity contribution is 5.74. The van der Waals surface area contributed by atoms with E-state index in [2.05, 4.69) is 25.5 Å². The molecule has 1 saturated heterocycles. The van der Waals surface area contributed by atoms with E-state index in [9.17, 15) is 9.18 Å². The van der Waals surface area contributed by atoms with Crippen molar-refractivity contribution in [3.63, 3.8) is 0 Å². The van der Waals surface area contributed by atoms with Crippen LogP contribution in [0.3, 0.4) is 0 Å². The molecule has 2 amide bonds. The average Bonchev–Trinajstić information content (AvgIpc) is 3.52. The first-order valence-corrected chi connectivity index (χ1v) is 9.91. The van der Waals surface area contributed by atoms with Crippen molar-refractivity contribution in [2.75, 3.05) is 31.1 Å². The van der Waals surface area contributed by atoms with Gasteiger partial charge in [-0.05, 0) is 30.5 Å². The Morgan fingerprint density at radius 3 is 2.59 bits per heavy atom. The van der Waals surface area contributed by atoms with E-state index in [-0.39, 0.29) is 11.8 Å². The lowest BCUT2D eigenvalue weighted by molar-refractivity contribution is 0.194. The Balaban J connectivity index is 1.17. The predicted molar refractivity (Wildman–Crippen MR) is 105 cm³/mol. The number of carbonyl (C=O) groups is 1. The summed E-state index contributed by atoms with van der Waals surface area (Å²) in [6.07, 6.45) is 4.18. The Kier molecular flexibility index (Phi) is 4.49. The number of hydrogen-bond donors (Lipinski definition) is 1. The summed E-state index contributed by atoms with van der Waals surface area (Å²) in [5.41, 5.74) is 2.64. The highest BCUT2D eigenvalue weighted by atomic mass is 19.1. The van der Waals surface area contributed by atoms with E-state index in [1.807, 2.05) is 16.8 Å².